The number of halogens is 1. The third-order valence-corrected chi connectivity index (χ3v) is 5.61. The summed E-state index contributed by atoms with van der Waals surface area (Å²) in [5.41, 5.74) is 0.536. The van der Waals surface area contributed by atoms with Gasteiger partial charge in [0.05, 0.1) is 11.3 Å². The molecule has 2 fully saturated rings. The minimum absolute atomic E-state index is 0.154. The molecule has 4 nitrogen and oxygen atoms in total. The van der Waals surface area contributed by atoms with Crippen molar-refractivity contribution in [3.63, 3.8) is 0 Å². The average molecular weight is 336 g/mol. The van der Waals surface area contributed by atoms with Crippen molar-refractivity contribution in [2.45, 2.75) is 43.9 Å². The molecule has 1 saturated carbocycles. The number of carbonyl (C=O) groups is 2. The number of carboxylic acid groups (broad SMARTS) is 1. The molecule has 5 heteroatoms. The van der Waals surface area contributed by atoms with Gasteiger partial charge in [-0.2, -0.15) is 0 Å². The second-order valence-corrected chi connectivity index (χ2v) is 7.14. The first-order chi connectivity index (χ1) is 11.0. The predicted molar refractivity (Wildman–Crippen MR) is 88.5 cm³/mol. The number of nitrogens with zero attached hydrogens (tertiary/aromatic N) is 1. The number of carboxylic acids is 1. The summed E-state index contributed by atoms with van der Waals surface area (Å²) in [6.07, 6.45) is 4.89. The van der Waals surface area contributed by atoms with Crippen molar-refractivity contribution in [1.82, 2.24) is 4.90 Å². The number of benzene rings is 1. The van der Waals surface area contributed by atoms with Crippen LogP contribution in [0.15, 0.2) is 24.3 Å². The van der Waals surface area contributed by atoms with Gasteiger partial charge in [-0.3, -0.25) is 9.59 Å². The summed E-state index contributed by atoms with van der Waals surface area (Å²) in [5.74, 6) is -0.909. The van der Waals surface area contributed by atoms with Crippen LogP contribution in [0.3, 0.4) is 0 Å². The third-order valence-electron chi connectivity index (χ3n) is 5.38. The number of piperidine rings is 1. The topological polar surface area (TPSA) is 57.6 Å². The highest BCUT2D eigenvalue weighted by atomic mass is 35.5. The Kier molecular flexibility index (Phi) is 4.62. The van der Waals surface area contributed by atoms with E-state index in [-0.39, 0.29) is 11.8 Å². The average Bonchev–Trinajstić information content (AvgIpc) is 3.05. The molecule has 1 aliphatic carbocycles. The molecule has 1 aromatic carbocycles. The Morgan fingerprint density at radius 2 is 1.83 bits per heavy atom. The Morgan fingerprint density at radius 3 is 2.39 bits per heavy atom. The first-order valence-corrected chi connectivity index (χ1v) is 8.69. The third kappa shape index (κ3) is 3.09. The maximum atomic E-state index is 13.2. The Bertz CT molecular complexity index is 602. The lowest BCUT2D eigenvalue weighted by atomic mass is 9.77. The number of hydrogen-bond acceptors (Lipinski definition) is 2. The van der Waals surface area contributed by atoms with Crippen LogP contribution in [-0.2, 0) is 15.0 Å². The zero-order valence-electron chi connectivity index (χ0n) is 13.1. The minimum atomic E-state index is -0.748. The van der Waals surface area contributed by atoms with Crippen molar-refractivity contribution in [3.05, 3.63) is 34.9 Å². The fourth-order valence-corrected chi connectivity index (χ4v) is 4.21. The quantitative estimate of drug-likeness (QED) is 0.920. The molecular weight excluding hydrogens is 314 g/mol. The van der Waals surface area contributed by atoms with E-state index in [1.165, 1.54) is 0 Å². The highest BCUT2D eigenvalue weighted by Crippen LogP contribution is 2.43. The summed E-state index contributed by atoms with van der Waals surface area (Å²) >= 11 is 6.14. The second kappa shape index (κ2) is 6.52. The van der Waals surface area contributed by atoms with E-state index >= 15 is 0 Å². The fraction of sp³-hybridized carbons (Fsp3) is 0.556. The Morgan fingerprint density at radius 1 is 1.17 bits per heavy atom. The Labute approximate surface area is 141 Å². The van der Waals surface area contributed by atoms with Crippen molar-refractivity contribution >= 4 is 23.5 Å². The van der Waals surface area contributed by atoms with Crippen molar-refractivity contribution in [2.24, 2.45) is 5.92 Å². The van der Waals surface area contributed by atoms with Crippen LogP contribution in [0.2, 0.25) is 5.02 Å². The molecular formula is C18H22ClNO3. The molecule has 0 bridgehead atoms. The van der Waals surface area contributed by atoms with Crippen LogP contribution in [-0.4, -0.2) is 35.0 Å². The van der Waals surface area contributed by atoms with Gasteiger partial charge >= 0.3 is 5.97 Å². The van der Waals surface area contributed by atoms with Gasteiger partial charge in [-0.25, -0.2) is 0 Å². The lowest BCUT2D eigenvalue weighted by molar-refractivity contribution is -0.147. The normalized spacial score (nSPS) is 21.3. The van der Waals surface area contributed by atoms with E-state index in [1.54, 1.807) is 0 Å². The van der Waals surface area contributed by atoms with Crippen LogP contribution in [0.25, 0.3) is 0 Å². The van der Waals surface area contributed by atoms with Crippen molar-refractivity contribution in [3.8, 4) is 0 Å². The number of amides is 1. The van der Waals surface area contributed by atoms with E-state index in [2.05, 4.69) is 0 Å². The smallest absolute Gasteiger partial charge is 0.306 e. The molecule has 1 heterocycles. The largest absolute Gasteiger partial charge is 0.481 e. The predicted octanol–water partition coefficient (Wildman–Crippen LogP) is 3.48. The molecule has 1 saturated heterocycles. The SMILES string of the molecule is O=C(O)C1CCN(C(=O)C2(c3cccc(Cl)c3)CCCC2)CC1. The highest BCUT2D eigenvalue weighted by Gasteiger charge is 2.45. The van der Waals surface area contributed by atoms with Crippen molar-refractivity contribution in [1.29, 1.82) is 0 Å². The second-order valence-electron chi connectivity index (χ2n) is 6.70. The summed E-state index contributed by atoms with van der Waals surface area (Å²) in [5, 5.41) is 9.77. The maximum Gasteiger partial charge on any atom is 0.306 e. The van der Waals surface area contributed by atoms with Gasteiger partial charge in [0.15, 0.2) is 0 Å². The van der Waals surface area contributed by atoms with Gasteiger partial charge in [0.2, 0.25) is 5.91 Å². The maximum absolute atomic E-state index is 13.2. The standard InChI is InChI=1S/C18H22ClNO3/c19-15-5-3-4-14(12-15)18(8-1-2-9-18)17(23)20-10-6-13(7-11-20)16(21)22/h3-5,12-13H,1-2,6-11H2,(H,21,22). The lowest BCUT2D eigenvalue weighted by Crippen LogP contribution is -2.49. The number of rotatable bonds is 3. The first kappa shape index (κ1) is 16.3. The molecule has 0 aromatic heterocycles. The van der Waals surface area contributed by atoms with Gasteiger partial charge in [-0.15, -0.1) is 0 Å². The van der Waals surface area contributed by atoms with E-state index in [0.29, 0.717) is 31.0 Å². The molecule has 1 aromatic rings. The molecule has 0 radical (unpaired) electrons. The van der Waals surface area contributed by atoms with Gasteiger partial charge in [-0.1, -0.05) is 36.6 Å². The Hall–Kier alpha value is -1.55. The van der Waals surface area contributed by atoms with Gasteiger partial charge in [0.1, 0.15) is 0 Å². The molecule has 3 rings (SSSR count). The summed E-state index contributed by atoms with van der Waals surface area (Å²) in [4.78, 5) is 26.2. The molecule has 0 spiro atoms. The van der Waals surface area contributed by atoms with Crippen molar-refractivity contribution < 1.29 is 14.7 Å². The molecule has 23 heavy (non-hydrogen) atoms. The monoisotopic (exact) mass is 335 g/mol. The summed E-state index contributed by atoms with van der Waals surface area (Å²) in [6, 6.07) is 7.64. The van der Waals surface area contributed by atoms with E-state index in [0.717, 1.165) is 31.2 Å². The van der Waals surface area contributed by atoms with Gasteiger partial charge < -0.3 is 10.0 Å². The van der Waals surface area contributed by atoms with E-state index < -0.39 is 11.4 Å². The van der Waals surface area contributed by atoms with Crippen molar-refractivity contribution in [2.75, 3.05) is 13.1 Å². The van der Waals surface area contributed by atoms with Crippen LogP contribution in [0.1, 0.15) is 44.1 Å². The van der Waals surface area contributed by atoms with Gasteiger partial charge in [0.25, 0.3) is 0 Å². The number of carbonyl (C=O) groups excluding carboxylic acids is 1. The van der Waals surface area contributed by atoms with E-state index in [9.17, 15) is 9.59 Å². The number of hydrogen-bond donors (Lipinski definition) is 1. The first-order valence-electron chi connectivity index (χ1n) is 8.31. The highest BCUT2D eigenvalue weighted by molar-refractivity contribution is 6.30. The van der Waals surface area contributed by atoms with Crippen LogP contribution in [0.5, 0.6) is 0 Å². The fourth-order valence-electron chi connectivity index (χ4n) is 4.02. The molecule has 1 aliphatic heterocycles. The van der Waals surface area contributed by atoms with Crippen LogP contribution in [0, 0.1) is 5.92 Å². The van der Waals surface area contributed by atoms with Gasteiger partial charge in [-0.05, 0) is 43.4 Å². The Balaban J connectivity index is 1.82. The van der Waals surface area contributed by atoms with Crippen LogP contribution < -0.4 is 0 Å². The summed E-state index contributed by atoms with van der Waals surface area (Å²) in [6.45, 7) is 1.08. The molecule has 2 aliphatic rings. The molecule has 1 N–H and O–H groups in total. The zero-order chi connectivity index (χ0) is 16.4. The zero-order valence-corrected chi connectivity index (χ0v) is 13.9. The summed E-state index contributed by atoms with van der Waals surface area (Å²) in [7, 11) is 0. The number of aliphatic carboxylic acids is 1. The van der Waals surface area contributed by atoms with Crippen LogP contribution >= 0.6 is 11.6 Å². The van der Waals surface area contributed by atoms with Crippen LogP contribution in [0.4, 0.5) is 0 Å². The number of likely N-dealkylation sites (tertiary alicyclic amines) is 1. The van der Waals surface area contributed by atoms with Gasteiger partial charge in [0, 0.05) is 18.1 Å². The summed E-state index contributed by atoms with van der Waals surface area (Å²) < 4.78 is 0. The molecule has 0 unspecified atom stereocenters. The van der Waals surface area contributed by atoms with E-state index in [1.807, 2.05) is 29.2 Å². The molecule has 1 amide bonds. The lowest BCUT2D eigenvalue weighted by Gasteiger charge is -2.38. The molecule has 0 atom stereocenters. The van der Waals surface area contributed by atoms with E-state index in [4.69, 9.17) is 16.7 Å². The molecule has 124 valence electrons. The minimum Gasteiger partial charge on any atom is -0.481 e.